The molecule has 0 aliphatic carbocycles. The fraction of sp³-hybridized carbons (Fsp3) is 1.00. The van der Waals surface area contributed by atoms with Gasteiger partial charge in [-0.1, -0.05) is 6.92 Å². The van der Waals surface area contributed by atoms with E-state index in [1.54, 1.807) is 0 Å². The third kappa shape index (κ3) is 4.80. The summed E-state index contributed by atoms with van der Waals surface area (Å²) in [6.45, 7) is 6.35. The number of hydrogen-bond donors (Lipinski definition) is 1. The maximum atomic E-state index is 11.2. The Morgan fingerprint density at radius 1 is 1.50 bits per heavy atom. The lowest BCUT2D eigenvalue weighted by atomic mass is 9.94. The highest BCUT2D eigenvalue weighted by Gasteiger charge is 2.25. The Morgan fingerprint density at radius 3 is 2.62 bits per heavy atom. The quantitative estimate of drug-likeness (QED) is 0.780. The first-order valence-electron chi connectivity index (χ1n) is 5.90. The molecule has 0 bridgehead atoms. The minimum atomic E-state index is -2.88. The molecule has 0 aromatic carbocycles. The summed E-state index contributed by atoms with van der Waals surface area (Å²) in [5.74, 6) is 0.812. The first-order chi connectivity index (χ1) is 7.28. The van der Waals surface area contributed by atoms with E-state index in [9.17, 15) is 8.42 Å². The Bertz CT molecular complexity index is 316. The lowest BCUT2D eigenvalue weighted by molar-refractivity contribution is 0.169. The highest BCUT2D eigenvalue weighted by Crippen LogP contribution is 2.16. The molecule has 3 unspecified atom stereocenters. The van der Waals surface area contributed by atoms with Gasteiger partial charge in [0.2, 0.25) is 0 Å². The molecule has 0 amide bonds. The van der Waals surface area contributed by atoms with E-state index in [4.69, 9.17) is 0 Å². The predicted octanol–water partition coefficient (Wildman–Crippen LogP) is 0.349. The molecule has 0 saturated carbocycles. The number of rotatable bonds is 4. The molecule has 3 atom stereocenters. The van der Waals surface area contributed by atoms with E-state index < -0.39 is 9.84 Å². The van der Waals surface area contributed by atoms with Crippen molar-refractivity contribution in [3.8, 4) is 0 Å². The third-order valence-electron chi connectivity index (χ3n) is 3.16. The Hall–Kier alpha value is -0.130. The average Bonchev–Trinajstić information content (AvgIpc) is 2.06. The molecule has 1 saturated heterocycles. The summed E-state index contributed by atoms with van der Waals surface area (Å²) in [6.07, 6.45) is 2.40. The van der Waals surface area contributed by atoms with Gasteiger partial charge in [0.05, 0.1) is 5.75 Å². The molecule has 16 heavy (non-hydrogen) atoms. The van der Waals surface area contributed by atoms with Crippen LogP contribution in [0.1, 0.15) is 20.3 Å². The van der Waals surface area contributed by atoms with Crippen molar-refractivity contribution in [2.45, 2.75) is 32.4 Å². The highest BCUT2D eigenvalue weighted by atomic mass is 32.2. The monoisotopic (exact) mass is 248 g/mol. The fourth-order valence-corrected chi connectivity index (χ4v) is 3.47. The Kier molecular flexibility index (Phi) is 4.76. The second-order valence-corrected chi connectivity index (χ2v) is 7.48. The maximum Gasteiger partial charge on any atom is 0.148 e. The molecule has 0 aromatic rings. The van der Waals surface area contributed by atoms with Crippen molar-refractivity contribution in [3.05, 3.63) is 0 Å². The average molecular weight is 248 g/mol. The van der Waals surface area contributed by atoms with E-state index in [1.165, 1.54) is 6.26 Å². The summed E-state index contributed by atoms with van der Waals surface area (Å²) < 4.78 is 22.3. The van der Waals surface area contributed by atoms with Crippen LogP contribution < -0.4 is 5.32 Å². The summed E-state index contributed by atoms with van der Waals surface area (Å²) in [7, 11) is -0.744. The lowest BCUT2D eigenvalue weighted by Crippen LogP contribution is -2.50. The standard InChI is InChI=1S/C11H24N2O2S/c1-9-7-13(3)6-5-11(9)12-10(2)8-16(4,14)15/h9-12H,5-8H2,1-4H3. The zero-order valence-corrected chi connectivity index (χ0v) is 11.5. The van der Waals surface area contributed by atoms with Crippen LogP contribution in [0.15, 0.2) is 0 Å². The molecule has 5 heteroatoms. The molecule has 0 spiro atoms. The van der Waals surface area contributed by atoms with Crippen LogP contribution in [0.5, 0.6) is 0 Å². The van der Waals surface area contributed by atoms with Crippen LogP contribution in [0.4, 0.5) is 0 Å². The normalized spacial score (nSPS) is 30.2. The first-order valence-corrected chi connectivity index (χ1v) is 7.96. The van der Waals surface area contributed by atoms with Gasteiger partial charge in [-0.05, 0) is 32.9 Å². The van der Waals surface area contributed by atoms with Gasteiger partial charge in [-0.15, -0.1) is 0 Å². The summed E-state index contributed by atoms with van der Waals surface area (Å²) in [5.41, 5.74) is 0. The van der Waals surface area contributed by atoms with Crippen molar-refractivity contribution in [2.75, 3.05) is 32.1 Å². The predicted molar refractivity (Wildman–Crippen MR) is 67.4 cm³/mol. The summed E-state index contributed by atoms with van der Waals surface area (Å²) in [5, 5.41) is 3.44. The van der Waals surface area contributed by atoms with Crippen LogP contribution >= 0.6 is 0 Å². The number of hydrogen-bond acceptors (Lipinski definition) is 4. The van der Waals surface area contributed by atoms with Gasteiger partial charge in [0.1, 0.15) is 9.84 Å². The van der Waals surface area contributed by atoms with Gasteiger partial charge in [-0.3, -0.25) is 0 Å². The molecule has 1 fully saturated rings. The minimum Gasteiger partial charge on any atom is -0.310 e. The van der Waals surface area contributed by atoms with Crippen molar-refractivity contribution < 1.29 is 8.42 Å². The number of likely N-dealkylation sites (tertiary alicyclic amines) is 1. The van der Waals surface area contributed by atoms with Crippen LogP contribution in [0.3, 0.4) is 0 Å². The van der Waals surface area contributed by atoms with E-state index >= 15 is 0 Å². The van der Waals surface area contributed by atoms with Crippen molar-refractivity contribution in [3.63, 3.8) is 0 Å². The van der Waals surface area contributed by atoms with Crippen LogP contribution in [-0.2, 0) is 9.84 Å². The van der Waals surface area contributed by atoms with Crippen LogP contribution in [0.2, 0.25) is 0 Å². The molecule has 0 radical (unpaired) electrons. The van der Waals surface area contributed by atoms with Gasteiger partial charge >= 0.3 is 0 Å². The minimum absolute atomic E-state index is 0.0471. The topological polar surface area (TPSA) is 49.4 Å². The largest absolute Gasteiger partial charge is 0.310 e. The van der Waals surface area contributed by atoms with Crippen molar-refractivity contribution in [2.24, 2.45) is 5.92 Å². The number of sulfone groups is 1. The second kappa shape index (κ2) is 5.47. The van der Waals surface area contributed by atoms with Crippen molar-refractivity contribution in [1.29, 1.82) is 0 Å². The van der Waals surface area contributed by atoms with Gasteiger partial charge in [-0.2, -0.15) is 0 Å². The van der Waals surface area contributed by atoms with Crippen LogP contribution in [-0.4, -0.2) is 57.5 Å². The first kappa shape index (κ1) is 13.9. The Balaban J connectivity index is 2.42. The SMILES string of the molecule is CC(CS(C)(=O)=O)NC1CCN(C)CC1C. The van der Waals surface area contributed by atoms with E-state index in [2.05, 4.69) is 24.2 Å². The van der Waals surface area contributed by atoms with Gasteiger partial charge in [-0.25, -0.2) is 8.42 Å². The molecule has 1 aliphatic rings. The van der Waals surface area contributed by atoms with E-state index in [0.717, 1.165) is 19.5 Å². The van der Waals surface area contributed by atoms with E-state index in [1.807, 2.05) is 6.92 Å². The van der Waals surface area contributed by atoms with Crippen LogP contribution in [0.25, 0.3) is 0 Å². The third-order valence-corrected chi connectivity index (χ3v) is 4.27. The van der Waals surface area contributed by atoms with Crippen LogP contribution in [0, 0.1) is 5.92 Å². The molecule has 96 valence electrons. The Labute approximate surface area is 99.3 Å². The number of nitrogens with zero attached hydrogens (tertiary/aromatic N) is 1. The fourth-order valence-electron chi connectivity index (χ4n) is 2.47. The molecule has 1 heterocycles. The molecule has 0 aromatic heterocycles. The molecule has 4 nitrogen and oxygen atoms in total. The van der Waals surface area contributed by atoms with Gasteiger partial charge in [0.15, 0.2) is 0 Å². The van der Waals surface area contributed by atoms with Gasteiger partial charge < -0.3 is 10.2 Å². The zero-order valence-electron chi connectivity index (χ0n) is 10.7. The van der Waals surface area contributed by atoms with E-state index in [0.29, 0.717) is 12.0 Å². The van der Waals surface area contributed by atoms with Gasteiger partial charge in [0, 0.05) is 24.9 Å². The molecule has 1 N–H and O–H groups in total. The highest BCUT2D eigenvalue weighted by molar-refractivity contribution is 7.90. The summed E-state index contributed by atoms with van der Waals surface area (Å²) in [6, 6.07) is 0.499. The van der Waals surface area contributed by atoms with Crippen molar-refractivity contribution >= 4 is 9.84 Å². The smallest absolute Gasteiger partial charge is 0.148 e. The van der Waals surface area contributed by atoms with E-state index in [-0.39, 0.29) is 11.8 Å². The second-order valence-electron chi connectivity index (χ2n) is 5.29. The number of piperidine rings is 1. The number of nitrogens with one attached hydrogen (secondary N) is 1. The lowest BCUT2D eigenvalue weighted by Gasteiger charge is -2.36. The zero-order chi connectivity index (χ0) is 12.3. The Morgan fingerprint density at radius 2 is 2.12 bits per heavy atom. The summed E-state index contributed by atoms with van der Waals surface area (Å²) in [4.78, 5) is 2.32. The molecule has 1 rings (SSSR count). The van der Waals surface area contributed by atoms with Crippen molar-refractivity contribution in [1.82, 2.24) is 10.2 Å². The summed E-state index contributed by atoms with van der Waals surface area (Å²) >= 11 is 0. The molecular weight excluding hydrogens is 224 g/mol. The molecule has 1 aliphatic heterocycles. The maximum absolute atomic E-state index is 11.2. The molecular formula is C11H24N2O2S. The van der Waals surface area contributed by atoms with Gasteiger partial charge in [0.25, 0.3) is 0 Å².